The number of hydrogen-bond acceptors (Lipinski definition) is 3. The Balaban J connectivity index is 1.75. The van der Waals surface area contributed by atoms with E-state index in [-0.39, 0.29) is 17.3 Å². The summed E-state index contributed by atoms with van der Waals surface area (Å²) in [5.41, 5.74) is 0.860. The molecule has 0 aliphatic heterocycles. The molecule has 0 atom stereocenters. The summed E-state index contributed by atoms with van der Waals surface area (Å²) in [7, 11) is 0. The van der Waals surface area contributed by atoms with Crippen LogP contribution in [0.2, 0.25) is 0 Å². The van der Waals surface area contributed by atoms with Crippen LogP contribution in [-0.4, -0.2) is 17.0 Å². The quantitative estimate of drug-likeness (QED) is 0.908. The Hall–Kier alpha value is -1.10. The van der Waals surface area contributed by atoms with Crippen molar-refractivity contribution in [3.63, 3.8) is 0 Å². The van der Waals surface area contributed by atoms with Gasteiger partial charge in [0.15, 0.2) is 0 Å². The van der Waals surface area contributed by atoms with E-state index in [4.69, 9.17) is 0 Å². The van der Waals surface area contributed by atoms with Gasteiger partial charge in [0, 0.05) is 17.6 Å². The topological polar surface area (TPSA) is 51.1 Å². The summed E-state index contributed by atoms with van der Waals surface area (Å²) in [6.45, 7) is 5.02. The molecule has 1 saturated carbocycles. The third kappa shape index (κ3) is 3.95. The summed E-state index contributed by atoms with van der Waals surface area (Å²) >= 11 is 1.15. The van der Waals surface area contributed by atoms with Crippen LogP contribution in [0.25, 0.3) is 0 Å². The molecule has 4 nitrogen and oxygen atoms in total. The second-order valence-corrected chi connectivity index (χ2v) is 6.65. The summed E-state index contributed by atoms with van der Waals surface area (Å²) in [5, 5.41) is 4.78. The lowest BCUT2D eigenvalue weighted by atomic mass is 9.81. The minimum absolute atomic E-state index is 0.0498. The van der Waals surface area contributed by atoms with Gasteiger partial charge in [0.05, 0.1) is 0 Å². The number of carbonyl (C=O) groups excluding carboxylic acids is 1. The fourth-order valence-corrected chi connectivity index (χ4v) is 3.63. The van der Waals surface area contributed by atoms with E-state index in [9.17, 15) is 9.59 Å². The third-order valence-electron chi connectivity index (χ3n) is 4.41. The lowest BCUT2D eigenvalue weighted by Gasteiger charge is -2.27. The van der Waals surface area contributed by atoms with E-state index in [1.807, 2.05) is 6.92 Å². The van der Waals surface area contributed by atoms with Gasteiger partial charge in [0.1, 0.15) is 6.54 Å². The highest BCUT2D eigenvalue weighted by Gasteiger charge is 2.20. The van der Waals surface area contributed by atoms with Crippen LogP contribution in [0.3, 0.4) is 0 Å². The number of thiazole rings is 1. The van der Waals surface area contributed by atoms with Gasteiger partial charge in [0.2, 0.25) is 5.91 Å². The van der Waals surface area contributed by atoms with Crippen LogP contribution in [0, 0.1) is 18.8 Å². The summed E-state index contributed by atoms with van der Waals surface area (Å²) < 4.78 is 1.54. The molecule has 0 aromatic carbocycles. The first-order valence-corrected chi connectivity index (χ1v) is 8.39. The number of nitrogens with zero attached hydrogens (tertiary/aromatic N) is 1. The van der Waals surface area contributed by atoms with Crippen molar-refractivity contribution in [3.8, 4) is 0 Å². The number of hydrogen-bond donors (Lipinski definition) is 1. The van der Waals surface area contributed by atoms with E-state index in [1.165, 1.54) is 36.7 Å². The fraction of sp³-hybridized carbons (Fsp3) is 0.733. The van der Waals surface area contributed by atoms with Crippen molar-refractivity contribution in [2.24, 2.45) is 11.8 Å². The maximum atomic E-state index is 11.9. The van der Waals surface area contributed by atoms with Crippen LogP contribution >= 0.6 is 11.3 Å². The van der Waals surface area contributed by atoms with Gasteiger partial charge >= 0.3 is 4.87 Å². The van der Waals surface area contributed by atoms with Crippen molar-refractivity contribution in [2.45, 2.75) is 52.5 Å². The predicted octanol–water partition coefficient (Wildman–Crippen LogP) is 2.55. The molecule has 1 fully saturated rings. The van der Waals surface area contributed by atoms with Crippen LogP contribution in [-0.2, 0) is 11.3 Å². The number of nitrogens with one attached hydrogen (secondary N) is 1. The molecule has 2 rings (SSSR count). The van der Waals surface area contributed by atoms with Crippen LogP contribution in [0.15, 0.2) is 10.2 Å². The fourth-order valence-electron chi connectivity index (χ4n) is 2.90. The van der Waals surface area contributed by atoms with E-state index in [0.717, 1.165) is 29.5 Å². The molecule has 1 aliphatic carbocycles. The first-order chi connectivity index (χ1) is 9.60. The molecule has 1 aliphatic rings. The third-order valence-corrected chi connectivity index (χ3v) is 5.29. The highest BCUT2D eigenvalue weighted by atomic mass is 32.1. The predicted molar refractivity (Wildman–Crippen MR) is 82.1 cm³/mol. The van der Waals surface area contributed by atoms with Gasteiger partial charge in [-0.25, -0.2) is 0 Å². The van der Waals surface area contributed by atoms with Crippen molar-refractivity contribution in [3.05, 3.63) is 20.7 Å². The number of aromatic nitrogens is 1. The van der Waals surface area contributed by atoms with Crippen LogP contribution < -0.4 is 10.2 Å². The van der Waals surface area contributed by atoms with Crippen molar-refractivity contribution >= 4 is 17.2 Å². The summed E-state index contributed by atoms with van der Waals surface area (Å²) in [6.07, 6.45) is 6.30. The molecule has 0 bridgehead atoms. The average Bonchev–Trinajstić information content (AvgIpc) is 2.77. The molecule has 0 radical (unpaired) electrons. The van der Waals surface area contributed by atoms with Gasteiger partial charge in [-0.15, -0.1) is 0 Å². The van der Waals surface area contributed by atoms with Crippen molar-refractivity contribution in [1.82, 2.24) is 9.88 Å². The molecule has 1 amide bonds. The molecule has 1 aromatic heterocycles. The average molecular weight is 296 g/mol. The summed E-state index contributed by atoms with van der Waals surface area (Å²) in [5.74, 6) is 1.45. The van der Waals surface area contributed by atoms with Gasteiger partial charge in [-0.2, -0.15) is 0 Å². The lowest BCUT2D eigenvalue weighted by Crippen LogP contribution is -2.35. The Labute approximate surface area is 124 Å². The van der Waals surface area contributed by atoms with Crippen LogP contribution in [0.1, 0.15) is 44.7 Å². The van der Waals surface area contributed by atoms with Crippen molar-refractivity contribution in [1.29, 1.82) is 0 Å². The monoisotopic (exact) mass is 296 g/mol. The molecule has 112 valence electrons. The Morgan fingerprint density at radius 1 is 1.35 bits per heavy atom. The molecule has 1 heterocycles. The van der Waals surface area contributed by atoms with Gasteiger partial charge in [-0.05, 0) is 31.6 Å². The van der Waals surface area contributed by atoms with Crippen molar-refractivity contribution < 1.29 is 4.79 Å². The molecule has 1 aromatic rings. The maximum Gasteiger partial charge on any atom is 0.307 e. The Bertz CT molecular complexity index is 498. The first-order valence-electron chi connectivity index (χ1n) is 7.51. The van der Waals surface area contributed by atoms with Gasteiger partial charge in [-0.1, -0.05) is 37.5 Å². The van der Waals surface area contributed by atoms with Crippen LogP contribution in [0.4, 0.5) is 0 Å². The highest BCUT2D eigenvalue weighted by molar-refractivity contribution is 7.07. The number of rotatable bonds is 5. The largest absolute Gasteiger partial charge is 0.354 e. The van der Waals surface area contributed by atoms with E-state index < -0.39 is 0 Å². The standard InChI is InChI=1S/C15H24N2O2S/c1-3-12-4-6-13(7-5-12)8-16-14(18)9-17-11(2)10-20-15(17)19/h10,12-13H,3-9H2,1-2H3,(H,16,18). The normalized spacial score (nSPS) is 22.7. The number of aryl methyl sites for hydroxylation is 1. The molecular formula is C15H24N2O2S. The highest BCUT2D eigenvalue weighted by Crippen LogP contribution is 2.29. The Morgan fingerprint density at radius 3 is 2.55 bits per heavy atom. The minimum Gasteiger partial charge on any atom is -0.354 e. The van der Waals surface area contributed by atoms with Gasteiger partial charge in [-0.3, -0.25) is 14.2 Å². The molecular weight excluding hydrogens is 272 g/mol. The van der Waals surface area contributed by atoms with E-state index in [1.54, 1.807) is 5.38 Å². The zero-order valence-electron chi connectivity index (χ0n) is 12.4. The van der Waals surface area contributed by atoms with Gasteiger partial charge in [0.25, 0.3) is 0 Å². The molecule has 20 heavy (non-hydrogen) atoms. The number of amides is 1. The first kappa shape index (κ1) is 15.3. The summed E-state index contributed by atoms with van der Waals surface area (Å²) in [4.78, 5) is 23.4. The van der Waals surface area contributed by atoms with Crippen molar-refractivity contribution in [2.75, 3.05) is 6.54 Å². The molecule has 5 heteroatoms. The molecule has 0 spiro atoms. The van der Waals surface area contributed by atoms with E-state index in [2.05, 4.69) is 12.2 Å². The van der Waals surface area contributed by atoms with Gasteiger partial charge < -0.3 is 5.32 Å². The van der Waals surface area contributed by atoms with Crippen LogP contribution in [0.5, 0.6) is 0 Å². The SMILES string of the molecule is CCC1CCC(CNC(=O)Cn2c(C)csc2=O)CC1. The minimum atomic E-state index is -0.0545. The zero-order chi connectivity index (χ0) is 14.5. The second kappa shape index (κ2) is 7.07. The Morgan fingerprint density at radius 2 is 2.00 bits per heavy atom. The molecule has 0 unspecified atom stereocenters. The smallest absolute Gasteiger partial charge is 0.307 e. The second-order valence-electron chi connectivity index (χ2n) is 5.83. The Kier molecular flexibility index (Phi) is 5.40. The molecule has 1 N–H and O–H groups in total. The number of carbonyl (C=O) groups is 1. The summed E-state index contributed by atoms with van der Waals surface area (Å²) in [6, 6.07) is 0. The zero-order valence-corrected chi connectivity index (χ0v) is 13.2. The molecule has 0 saturated heterocycles. The lowest BCUT2D eigenvalue weighted by molar-refractivity contribution is -0.122. The van der Waals surface area contributed by atoms with E-state index >= 15 is 0 Å². The van der Waals surface area contributed by atoms with E-state index in [0.29, 0.717) is 5.92 Å². The maximum absolute atomic E-state index is 11.9.